The van der Waals surface area contributed by atoms with Crippen LogP contribution in [0.2, 0.25) is 0 Å². The molecule has 36 heavy (non-hydrogen) atoms. The summed E-state index contributed by atoms with van der Waals surface area (Å²) in [6, 6.07) is 13.5. The van der Waals surface area contributed by atoms with E-state index in [0.717, 1.165) is 17.5 Å². The van der Waals surface area contributed by atoms with E-state index in [-0.39, 0.29) is 25.2 Å². The average Bonchev–Trinajstić information content (AvgIpc) is 2.86. The highest BCUT2D eigenvalue weighted by Gasteiger charge is 2.26. The lowest BCUT2D eigenvalue weighted by atomic mass is 10.0. The number of Topliss-reactive ketones (excluding diaryl/α,β-unsaturated/α-hetero) is 1. The van der Waals surface area contributed by atoms with Crippen molar-refractivity contribution in [2.24, 2.45) is 0 Å². The molecule has 0 saturated carbocycles. The van der Waals surface area contributed by atoms with Gasteiger partial charge in [-0.15, -0.1) is 0 Å². The van der Waals surface area contributed by atoms with E-state index in [0.29, 0.717) is 23.7 Å². The summed E-state index contributed by atoms with van der Waals surface area (Å²) in [6.07, 6.45) is 0.0242. The summed E-state index contributed by atoms with van der Waals surface area (Å²) in [5, 5.41) is 25.6. The molecule has 0 aromatic heterocycles. The number of hydrogen-bond acceptors (Lipinski definition) is 6. The molecule has 2 aromatic carbocycles. The van der Waals surface area contributed by atoms with Crippen LogP contribution in [0.25, 0.3) is 11.1 Å². The molecule has 0 bridgehead atoms. The predicted octanol–water partition coefficient (Wildman–Crippen LogP) is 2.71. The number of hydrogen-bond donors (Lipinski definition) is 4. The Hall–Kier alpha value is -3.27. The minimum absolute atomic E-state index is 0.0232. The maximum Gasteiger partial charge on any atom is 0.341 e. The highest BCUT2D eigenvalue weighted by molar-refractivity contribution is 5.98. The molecule has 196 valence electrons. The van der Waals surface area contributed by atoms with Crippen LogP contribution < -0.4 is 10.6 Å². The number of likely N-dealkylation sites (N-methyl/N-ethyl adjacent to an activating group) is 1. The molecule has 0 unspecified atom stereocenters. The van der Waals surface area contributed by atoms with Crippen LogP contribution >= 0.6 is 0 Å². The SMILES string of the molecule is CCc1ccc(-c2ccc(C(=O)N[C@H](C(=O)CCCN(O)C(=O)NCCN(C)C)[C@@H](C)O)cc2)cc1. The first kappa shape index (κ1) is 29.0. The molecule has 0 heterocycles. The number of nitrogens with one attached hydrogen (secondary N) is 2. The molecule has 2 atom stereocenters. The van der Waals surface area contributed by atoms with Crippen molar-refractivity contribution in [1.82, 2.24) is 20.6 Å². The summed E-state index contributed by atoms with van der Waals surface area (Å²) in [5.74, 6) is -0.849. The average molecular weight is 499 g/mol. The highest BCUT2D eigenvalue weighted by atomic mass is 16.5. The van der Waals surface area contributed by atoms with Crippen LogP contribution in [0.5, 0.6) is 0 Å². The fourth-order valence-corrected chi connectivity index (χ4v) is 3.58. The monoisotopic (exact) mass is 498 g/mol. The molecule has 0 radical (unpaired) electrons. The Morgan fingerprint density at radius 3 is 2.06 bits per heavy atom. The van der Waals surface area contributed by atoms with E-state index in [4.69, 9.17) is 0 Å². The van der Waals surface area contributed by atoms with Crippen molar-refractivity contribution in [2.45, 2.75) is 45.3 Å². The number of aliphatic hydroxyl groups is 1. The number of rotatable bonds is 13. The Morgan fingerprint density at radius 2 is 1.53 bits per heavy atom. The van der Waals surface area contributed by atoms with Crippen LogP contribution in [0.1, 0.15) is 42.6 Å². The van der Waals surface area contributed by atoms with Crippen LogP contribution in [0.4, 0.5) is 4.79 Å². The fourth-order valence-electron chi connectivity index (χ4n) is 3.58. The Labute approximate surface area is 213 Å². The van der Waals surface area contributed by atoms with Gasteiger partial charge in [-0.25, -0.2) is 9.86 Å². The molecule has 0 aliphatic carbocycles. The molecular formula is C27H38N4O5. The standard InChI is InChI=1S/C27H38N4O5/c1-5-20-8-10-21(11-9-20)22-12-14-23(15-13-22)26(34)29-25(19(2)32)24(33)7-6-17-31(36)27(35)28-16-18-30(3)4/h8-15,19,25,32,36H,5-7,16-18H2,1-4H3,(H,28,35)(H,29,34)/t19-,25+/m1/s1. The number of carbonyl (C=O) groups excluding carboxylic acids is 3. The Morgan fingerprint density at radius 1 is 0.944 bits per heavy atom. The summed E-state index contributed by atoms with van der Waals surface area (Å²) in [7, 11) is 3.74. The third-order valence-corrected chi connectivity index (χ3v) is 5.82. The largest absolute Gasteiger partial charge is 0.391 e. The van der Waals surface area contributed by atoms with E-state index < -0.39 is 24.1 Å². The van der Waals surface area contributed by atoms with Crippen molar-refractivity contribution >= 4 is 17.7 Å². The van der Waals surface area contributed by atoms with Gasteiger partial charge in [0.15, 0.2) is 5.78 Å². The van der Waals surface area contributed by atoms with Crippen LogP contribution in [-0.4, -0.2) is 83.9 Å². The molecule has 0 fully saturated rings. The molecule has 0 spiro atoms. The summed E-state index contributed by atoms with van der Waals surface area (Å²) < 4.78 is 0. The zero-order chi connectivity index (χ0) is 26.7. The zero-order valence-corrected chi connectivity index (χ0v) is 21.5. The number of benzene rings is 2. The van der Waals surface area contributed by atoms with Gasteiger partial charge < -0.3 is 20.6 Å². The third kappa shape index (κ3) is 9.07. The lowest BCUT2D eigenvalue weighted by Gasteiger charge is -2.21. The molecule has 9 heteroatoms. The van der Waals surface area contributed by atoms with Gasteiger partial charge in [-0.2, -0.15) is 0 Å². The molecule has 0 saturated heterocycles. The van der Waals surface area contributed by atoms with Crippen LogP contribution in [-0.2, 0) is 11.2 Å². The van der Waals surface area contributed by atoms with E-state index >= 15 is 0 Å². The van der Waals surface area contributed by atoms with Crippen molar-refractivity contribution in [3.63, 3.8) is 0 Å². The number of urea groups is 1. The first-order chi connectivity index (χ1) is 17.1. The predicted molar refractivity (Wildman–Crippen MR) is 139 cm³/mol. The van der Waals surface area contributed by atoms with Gasteiger partial charge >= 0.3 is 6.03 Å². The number of ketones is 1. The van der Waals surface area contributed by atoms with Gasteiger partial charge in [0.05, 0.1) is 12.6 Å². The minimum atomic E-state index is -1.10. The first-order valence-corrected chi connectivity index (χ1v) is 12.2. The number of aryl methyl sites for hydroxylation is 1. The Kier molecular flexibility index (Phi) is 11.5. The fraction of sp³-hybridized carbons (Fsp3) is 0.444. The van der Waals surface area contributed by atoms with Gasteiger partial charge in [-0.1, -0.05) is 43.3 Å². The molecular weight excluding hydrogens is 460 g/mol. The topological polar surface area (TPSA) is 122 Å². The van der Waals surface area contributed by atoms with Crippen molar-refractivity contribution in [3.8, 4) is 11.1 Å². The number of aliphatic hydroxyl groups excluding tert-OH is 1. The second kappa shape index (κ2) is 14.3. The van der Waals surface area contributed by atoms with Gasteiger partial charge in [-0.05, 0) is 62.7 Å². The molecule has 2 rings (SSSR count). The van der Waals surface area contributed by atoms with E-state index in [1.165, 1.54) is 12.5 Å². The maximum absolute atomic E-state index is 12.7. The van der Waals surface area contributed by atoms with Crippen molar-refractivity contribution in [2.75, 3.05) is 33.7 Å². The number of amides is 3. The summed E-state index contributed by atoms with van der Waals surface area (Å²) in [6.45, 7) is 4.48. The summed E-state index contributed by atoms with van der Waals surface area (Å²) >= 11 is 0. The van der Waals surface area contributed by atoms with Crippen molar-refractivity contribution in [1.29, 1.82) is 0 Å². The normalized spacial score (nSPS) is 12.6. The van der Waals surface area contributed by atoms with Crippen molar-refractivity contribution < 1.29 is 24.7 Å². The lowest BCUT2D eigenvalue weighted by molar-refractivity contribution is -0.123. The number of hydroxylamine groups is 2. The van der Waals surface area contributed by atoms with Gasteiger partial charge in [-0.3, -0.25) is 14.8 Å². The quantitative estimate of drug-likeness (QED) is 0.249. The Bertz CT molecular complexity index is 990. The van der Waals surface area contributed by atoms with E-state index in [2.05, 4.69) is 29.7 Å². The second-order valence-corrected chi connectivity index (χ2v) is 9.05. The minimum Gasteiger partial charge on any atom is -0.391 e. The smallest absolute Gasteiger partial charge is 0.341 e. The number of nitrogens with zero attached hydrogens (tertiary/aromatic N) is 2. The van der Waals surface area contributed by atoms with Gasteiger partial charge in [0.25, 0.3) is 5.91 Å². The lowest BCUT2D eigenvalue weighted by Crippen LogP contribution is -2.48. The maximum atomic E-state index is 12.7. The summed E-state index contributed by atoms with van der Waals surface area (Å²) in [5.41, 5.74) is 3.63. The highest BCUT2D eigenvalue weighted by Crippen LogP contribution is 2.21. The van der Waals surface area contributed by atoms with Crippen LogP contribution in [0.3, 0.4) is 0 Å². The van der Waals surface area contributed by atoms with Gasteiger partial charge in [0.1, 0.15) is 6.04 Å². The molecule has 0 aliphatic heterocycles. The van der Waals surface area contributed by atoms with E-state index in [1.807, 2.05) is 43.3 Å². The zero-order valence-electron chi connectivity index (χ0n) is 21.5. The molecule has 4 N–H and O–H groups in total. The third-order valence-electron chi connectivity index (χ3n) is 5.82. The first-order valence-electron chi connectivity index (χ1n) is 12.2. The van der Waals surface area contributed by atoms with E-state index in [1.54, 1.807) is 12.1 Å². The van der Waals surface area contributed by atoms with Gasteiger partial charge in [0, 0.05) is 25.1 Å². The molecule has 9 nitrogen and oxygen atoms in total. The van der Waals surface area contributed by atoms with Gasteiger partial charge in [0.2, 0.25) is 0 Å². The number of carbonyl (C=O) groups is 3. The molecule has 2 aromatic rings. The summed E-state index contributed by atoms with van der Waals surface area (Å²) in [4.78, 5) is 39.1. The second-order valence-electron chi connectivity index (χ2n) is 9.05. The van der Waals surface area contributed by atoms with Crippen LogP contribution in [0, 0.1) is 0 Å². The molecule has 3 amide bonds. The van der Waals surface area contributed by atoms with Crippen molar-refractivity contribution in [3.05, 3.63) is 59.7 Å². The van der Waals surface area contributed by atoms with Crippen LogP contribution in [0.15, 0.2) is 48.5 Å². The molecule has 0 aliphatic rings. The Balaban J connectivity index is 1.88. The van der Waals surface area contributed by atoms with E-state index in [9.17, 15) is 24.7 Å².